The minimum atomic E-state index is -0.417. The van der Waals surface area contributed by atoms with Crippen molar-refractivity contribution < 1.29 is 30.0 Å². The van der Waals surface area contributed by atoms with Gasteiger partial charge in [-0.2, -0.15) is 0 Å². The molecule has 0 aliphatic heterocycles. The first-order valence-electron chi connectivity index (χ1n) is 14.8. The van der Waals surface area contributed by atoms with Crippen LogP contribution in [0.5, 0.6) is 0 Å². The molecule has 5 heteroatoms. The average Bonchev–Trinajstić information content (AvgIpc) is 2.90. The number of pyridine rings is 2. The smallest absolute Gasteiger partial charge is 0.164 e. The van der Waals surface area contributed by atoms with Crippen molar-refractivity contribution in [3.05, 3.63) is 95.1 Å². The van der Waals surface area contributed by atoms with Gasteiger partial charge in [0.15, 0.2) is 5.78 Å². The Morgan fingerprint density at radius 3 is 2.12 bits per heavy atom. The van der Waals surface area contributed by atoms with Crippen molar-refractivity contribution in [1.82, 2.24) is 9.97 Å². The van der Waals surface area contributed by atoms with Gasteiger partial charge >= 0.3 is 0 Å². The van der Waals surface area contributed by atoms with Gasteiger partial charge in [-0.1, -0.05) is 97.5 Å². The molecule has 1 aliphatic rings. The zero-order valence-corrected chi connectivity index (χ0v) is 29.7. The quantitative estimate of drug-likeness (QED) is 0.126. The van der Waals surface area contributed by atoms with Gasteiger partial charge in [-0.05, 0) is 47.9 Å². The molecular formula is C38H45IrN2O2-. The predicted octanol–water partition coefficient (Wildman–Crippen LogP) is 9.56. The predicted molar refractivity (Wildman–Crippen MR) is 175 cm³/mol. The van der Waals surface area contributed by atoms with Crippen molar-refractivity contribution in [3.8, 4) is 22.4 Å². The van der Waals surface area contributed by atoms with Crippen molar-refractivity contribution in [2.75, 3.05) is 0 Å². The number of aromatic nitrogens is 2. The van der Waals surface area contributed by atoms with Crippen LogP contribution in [0.3, 0.4) is 0 Å². The molecule has 0 fully saturated rings. The molecule has 0 bridgehead atoms. The van der Waals surface area contributed by atoms with Gasteiger partial charge < -0.3 is 5.11 Å². The van der Waals surface area contributed by atoms with Gasteiger partial charge in [-0.25, -0.2) is 0 Å². The molecule has 0 atom stereocenters. The van der Waals surface area contributed by atoms with E-state index in [1.54, 1.807) is 0 Å². The van der Waals surface area contributed by atoms with E-state index in [1.807, 2.05) is 53.9 Å². The van der Waals surface area contributed by atoms with E-state index in [9.17, 15) is 9.90 Å². The van der Waals surface area contributed by atoms with E-state index < -0.39 is 5.41 Å². The summed E-state index contributed by atoms with van der Waals surface area (Å²) in [7, 11) is 0. The van der Waals surface area contributed by atoms with Gasteiger partial charge in [-0.15, -0.1) is 29.1 Å². The number of hydrogen-bond donors (Lipinski definition) is 1. The molecule has 0 spiro atoms. The summed E-state index contributed by atoms with van der Waals surface area (Å²) in [5.41, 5.74) is 8.95. The topological polar surface area (TPSA) is 63.1 Å². The second kappa shape index (κ2) is 12.8. The van der Waals surface area contributed by atoms with Crippen LogP contribution < -0.4 is 0 Å². The van der Waals surface area contributed by atoms with Crippen molar-refractivity contribution >= 4 is 16.6 Å². The maximum absolute atomic E-state index is 11.5. The number of carbonyl (C=O) groups excluding carboxylic acids is 1. The van der Waals surface area contributed by atoms with Gasteiger partial charge in [0, 0.05) is 66.4 Å². The first-order chi connectivity index (χ1) is 19.4. The molecule has 0 unspecified atom stereocenters. The van der Waals surface area contributed by atoms with Crippen molar-refractivity contribution in [2.45, 2.75) is 87.5 Å². The molecule has 2 aromatic heterocycles. The summed E-state index contributed by atoms with van der Waals surface area (Å²) in [4.78, 5) is 20.9. The number of aliphatic hydroxyl groups is 1. The van der Waals surface area contributed by atoms with E-state index in [2.05, 4.69) is 81.2 Å². The van der Waals surface area contributed by atoms with Crippen molar-refractivity contribution in [3.63, 3.8) is 0 Å². The second-order valence-corrected chi connectivity index (χ2v) is 14.5. The third-order valence-electron chi connectivity index (χ3n) is 7.70. The Morgan fingerprint density at radius 2 is 1.49 bits per heavy atom. The molecule has 1 aliphatic carbocycles. The summed E-state index contributed by atoms with van der Waals surface area (Å²) >= 11 is 0. The molecule has 0 amide bonds. The Morgan fingerprint density at radius 1 is 0.837 bits per heavy atom. The van der Waals surface area contributed by atoms with Crippen LogP contribution >= 0.6 is 0 Å². The largest absolute Gasteiger partial charge is 0.512 e. The third kappa shape index (κ3) is 8.07. The SMILES string of the molecule is CC(C)(C)C(=O)/C=C(\O)C(C)(C)C.Cc1cc2c(cn1)-c1cc(-c3[c-]c4ccccc4c(C(C)(C)C)c3)ncc1CC2.[Ir]. The number of aryl methyl sites for hydroxylation is 3. The second-order valence-electron chi connectivity index (χ2n) is 14.5. The molecule has 4 aromatic rings. The molecule has 1 N–H and O–H groups in total. The van der Waals surface area contributed by atoms with Crippen LogP contribution in [-0.4, -0.2) is 20.9 Å². The van der Waals surface area contributed by atoms with Crippen LogP contribution in [0.4, 0.5) is 0 Å². The van der Waals surface area contributed by atoms with Gasteiger partial charge in [0.1, 0.15) is 5.76 Å². The first kappa shape index (κ1) is 34.4. The fourth-order valence-corrected chi connectivity index (χ4v) is 4.96. The normalized spacial score (nSPS) is 13.3. The number of nitrogens with zero attached hydrogens (tertiary/aromatic N) is 2. The van der Waals surface area contributed by atoms with Crippen LogP contribution in [0.2, 0.25) is 0 Å². The molecule has 2 heterocycles. The molecular weight excluding hydrogens is 709 g/mol. The average molecular weight is 754 g/mol. The van der Waals surface area contributed by atoms with Crippen LogP contribution in [0.1, 0.15) is 84.7 Å². The monoisotopic (exact) mass is 754 g/mol. The third-order valence-corrected chi connectivity index (χ3v) is 7.70. The Bertz CT molecular complexity index is 1660. The molecule has 229 valence electrons. The van der Waals surface area contributed by atoms with Crippen molar-refractivity contribution in [1.29, 1.82) is 0 Å². The minimum Gasteiger partial charge on any atom is -0.512 e. The van der Waals surface area contributed by atoms with Crippen molar-refractivity contribution in [2.24, 2.45) is 10.8 Å². The molecule has 1 radical (unpaired) electrons. The van der Waals surface area contributed by atoms with Crippen LogP contribution in [-0.2, 0) is 43.2 Å². The number of ketones is 1. The van der Waals surface area contributed by atoms with E-state index in [0.717, 1.165) is 35.2 Å². The summed E-state index contributed by atoms with van der Waals surface area (Å²) in [6.07, 6.45) is 7.50. The fraction of sp³-hybridized carbons (Fsp3) is 0.395. The van der Waals surface area contributed by atoms with E-state index in [1.165, 1.54) is 39.3 Å². The Balaban J connectivity index is 0.000000310. The van der Waals surface area contributed by atoms with E-state index in [-0.39, 0.29) is 42.5 Å². The zero-order valence-electron chi connectivity index (χ0n) is 27.3. The van der Waals surface area contributed by atoms with Gasteiger partial charge in [-0.3, -0.25) is 14.8 Å². The maximum Gasteiger partial charge on any atom is 0.164 e. The number of carbonyl (C=O) groups is 1. The Labute approximate surface area is 271 Å². The summed E-state index contributed by atoms with van der Waals surface area (Å²) in [5, 5.41) is 12.0. The van der Waals surface area contributed by atoms with Gasteiger partial charge in [0.05, 0.1) is 0 Å². The summed E-state index contributed by atoms with van der Waals surface area (Å²) in [6, 6.07) is 18.9. The molecule has 2 aromatic carbocycles. The number of allylic oxidation sites excluding steroid dienone is 2. The summed E-state index contributed by atoms with van der Waals surface area (Å²) < 4.78 is 0. The molecule has 0 saturated heterocycles. The molecule has 4 nitrogen and oxygen atoms in total. The number of hydrogen-bond acceptors (Lipinski definition) is 4. The Kier molecular flexibility index (Phi) is 10.3. The van der Waals surface area contributed by atoms with Crippen LogP contribution in [0.25, 0.3) is 33.2 Å². The number of rotatable bonds is 2. The zero-order chi connectivity index (χ0) is 31.0. The standard InChI is InChI=1S/C27H25N2.C11H20O2.Ir/c1-17-11-19-9-10-20-15-29-26(14-23(20)24(19)16-28-17)21-12-18-7-5-6-8-22(18)25(13-21)27(2,3)4;1-10(2,3)8(12)7-9(13)11(4,5)6;/h5-8,11,13-16H,9-10H2,1-4H3;7,12H,1-6H3;/q-1;;/b;8-7-;. The van der Waals surface area contributed by atoms with E-state index in [4.69, 9.17) is 4.98 Å². The molecule has 43 heavy (non-hydrogen) atoms. The summed E-state index contributed by atoms with van der Waals surface area (Å²) in [6.45, 7) is 20.0. The van der Waals surface area contributed by atoms with Gasteiger partial charge in [0.2, 0.25) is 0 Å². The van der Waals surface area contributed by atoms with E-state index >= 15 is 0 Å². The minimum absolute atomic E-state index is 0. The fourth-order valence-electron chi connectivity index (χ4n) is 4.96. The molecule has 5 rings (SSSR count). The maximum atomic E-state index is 11.5. The van der Waals surface area contributed by atoms with Crippen LogP contribution in [0.15, 0.2) is 66.7 Å². The number of fused-ring (bicyclic) bond motifs is 4. The number of benzene rings is 2. The Hall–Kier alpha value is -3.14. The van der Waals surface area contributed by atoms with Crippen LogP contribution in [0, 0.1) is 23.8 Å². The number of aliphatic hydroxyl groups excluding tert-OH is 1. The first-order valence-corrected chi connectivity index (χ1v) is 14.8. The van der Waals surface area contributed by atoms with Gasteiger partial charge in [0.25, 0.3) is 0 Å². The van der Waals surface area contributed by atoms with E-state index in [0.29, 0.717) is 0 Å². The molecule has 0 saturated carbocycles. The summed E-state index contributed by atoms with van der Waals surface area (Å²) in [5.74, 6) is 0.104.